The van der Waals surface area contributed by atoms with E-state index in [2.05, 4.69) is 15.0 Å². The van der Waals surface area contributed by atoms with Gasteiger partial charge in [0.2, 0.25) is 5.44 Å². The van der Waals surface area contributed by atoms with Crippen LogP contribution in [0.15, 0.2) is 143 Å². The van der Waals surface area contributed by atoms with Gasteiger partial charge in [0, 0.05) is 12.3 Å². The molecule has 0 radical (unpaired) electrons. The van der Waals surface area contributed by atoms with Crippen molar-refractivity contribution in [3.63, 3.8) is 0 Å². The Morgan fingerprint density at radius 1 is 0.731 bits per heavy atom. The Morgan fingerprint density at radius 2 is 1.22 bits per heavy atom. The molecule has 3 aliphatic rings. The largest absolute Gasteiger partial charge is 0.394 e. The molecule has 5 N–H and O–H groups in total. The number of rotatable bonds is 19. The minimum Gasteiger partial charge on any atom is -0.394 e. The first kappa shape index (κ1) is 48.1. The van der Waals surface area contributed by atoms with E-state index < -0.39 is 106 Å². The van der Waals surface area contributed by atoms with E-state index in [1.807, 2.05) is 121 Å². The summed E-state index contributed by atoms with van der Waals surface area (Å²) in [5.74, 6) is -2.46. The molecule has 8 rings (SSSR count). The highest BCUT2D eigenvalue weighted by molar-refractivity contribution is 7.90. The van der Waals surface area contributed by atoms with Crippen LogP contribution in [0.3, 0.4) is 0 Å². The summed E-state index contributed by atoms with van der Waals surface area (Å²) in [6.07, 6.45) is -8.75. The van der Waals surface area contributed by atoms with Crippen LogP contribution in [-0.2, 0) is 74.4 Å². The van der Waals surface area contributed by atoms with Crippen LogP contribution in [0.1, 0.15) is 42.3 Å². The number of hydrogen-bond donors (Lipinski definition) is 5. The Labute approximate surface area is 386 Å². The summed E-state index contributed by atoms with van der Waals surface area (Å²) < 4.78 is 76.2. The number of piperidine rings is 1. The highest BCUT2D eigenvalue weighted by Crippen LogP contribution is 2.44. The summed E-state index contributed by atoms with van der Waals surface area (Å²) in [7, 11) is -5.10. The molecule has 0 bridgehead atoms. The zero-order valence-electron chi connectivity index (χ0n) is 36.7. The molecule has 19 heteroatoms. The van der Waals surface area contributed by atoms with Gasteiger partial charge in [-0.3, -0.25) is 24.5 Å². The number of ether oxygens (including phenoxy) is 7. The monoisotopic (exact) mass is 942 g/mol. The second-order valence-corrected chi connectivity index (χ2v) is 18.7. The van der Waals surface area contributed by atoms with E-state index in [9.17, 15) is 33.0 Å². The number of nitrogens with one attached hydrogen (secondary N) is 3. The smallest absolute Gasteiger partial charge is 0.330 e. The van der Waals surface area contributed by atoms with Gasteiger partial charge in [-0.25, -0.2) is 17.9 Å². The van der Waals surface area contributed by atoms with Crippen LogP contribution in [0.2, 0.25) is 0 Å². The number of aliphatic hydroxyl groups is 2. The van der Waals surface area contributed by atoms with Gasteiger partial charge in [0.15, 0.2) is 12.0 Å². The van der Waals surface area contributed by atoms with E-state index in [1.54, 1.807) is 13.8 Å². The molecule has 0 saturated carbocycles. The molecule has 18 nitrogen and oxygen atoms in total. The summed E-state index contributed by atoms with van der Waals surface area (Å²) in [5.41, 5.74) is -0.886. The van der Waals surface area contributed by atoms with Gasteiger partial charge in [-0.2, -0.15) is 0 Å². The third-order valence-electron chi connectivity index (χ3n) is 11.8. The normalized spacial score (nSPS) is 26.7. The average molecular weight is 943 g/mol. The SMILES string of the molecule is CC1(C)O[C@@H]2[C@H](O1)[C@@H](C(O)S(=O)(=O)NC(=O)C1N[C@@H]([C@@H](CO)OCc3ccccc3)[C@@H](OCc3ccccc3)[C@@H](OCc3ccccc3)[C@@H]1OCc1ccccc1)O[C@H]2n1ccc(=O)[nH]c1=O. The van der Waals surface area contributed by atoms with Crippen LogP contribution in [0.4, 0.5) is 0 Å². The summed E-state index contributed by atoms with van der Waals surface area (Å²) in [6, 6.07) is 35.6. The predicted molar refractivity (Wildman–Crippen MR) is 240 cm³/mol. The van der Waals surface area contributed by atoms with Gasteiger partial charge in [0.05, 0.1) is 45.2 Å². The standard InChI is InChI=1S/C48H54N4O14S/c1-48(2)65-41-42(66-48)45(52-24-23-35(54)49-47(52)57)64-43(41)46(56)67(58,59)51-44(55)37-39(62-28-32-19-11-5-12-20-32)40(63-29-33-21-13-6-14-22-33)38(61-27-31-17-9-4-10-18-31)36(50-37)34(25-53)60-26-30-15-7-3-8-16-30/h3-24,34,36-43,45-46,50,53,56H,25-29H2,1-2H3,(H,51,55)(H,49,54,57)/t34-,36+,37?,38-,39-,40-,41+,42-,43+,45-,46?/m1/s1. The number of benzene rings is 4. The number of aromatic amines is 1. The lowest BCUT2D eigenvalue weighted by Crippen LogP contribution is -2.73. The van der Waals surface area contributed by atoms with Crippen molar-refractivity contribution in [1.29, 1.82) is 0 Å². The maximum absolute atomic E-state index is 14.9. The lowest BCUT2D eigenvalue weighted by Gasteiger charge is -2.48. The van der Waals surface area contributed by atoms with Crippen molar-refractivity contribution >= 4 is 15.9 Å². The van der Waals surface area contributed by atoms with Crippen molar-refractivity contribution in [2.24, 2.45) is 0 Å². The molecule has 1 aromatic heterocycles. The van der Waals surface area contributed by atoms with Crippen LogP contribution in [-0.4, -0.2) is 107 Å². The lowest BCUT2D eigenvalue weighted by molar-refractivity contribution is -0.205. The highest BCUT2D eigenvalue weighted by Gasteiger charge is 2.60. The molecule has 0 spiro atoms. The van der Waals surface area contributed by atoms with E-state index in [0.717, 1.165) is 39.1 Å². The number of hydrogen-bond acceptors (Lipinski definition) is 15. The summed E-state index contributed by atoms with van der Waals surface area (Å²) in [5, 5.41) is 26.0. The summed E-state index contributed by atoms with van der Waals surface area (Å²) in [4.78, 5) is 41.8. The van der Waals surface area contributed by atoms with Gasteiger partial charge < -0.3 is 43.4 Å². The maximum Gasteiger partial charge on any atom is 0.330 e. The summed E-state index contributed by atoms with van der Waals surface area (Å²) in [6.45, 7) is 2.69. The van der Waals surface area contributed by atoms with Gasteiger partial charge in [-0.1, -0.05) is 121 Å². The van der Waals surface area contributed by atoms with E-state index >= 15 is 0 Å². The van der Waals surface area contributed by atoms with Gasteiger partial charge in [0.25, 0.3) is 21.5 Å². The summed E-state index contributed by atoms with van der Waals surface area (Å²) >= 11 is 0. The number of sulfonamides is 1. The van der Waals surface area contributed by atoms with Gasteiger partial charge >= 0.3 is 5.69 Å². The molecule has 11 atom stereocenters. The van der Waals surface area contributed by atoms with Crippen molar-refractivity contribution in [2.75, 3.05) is 6.61 Å². The fourth-order valence-corrected chi connectivity index (χ4v) is 9.68. The maximum atomic E-state index is 14.9. The molecule has 3 saturated heterocycles. The van der Waals surface area contributed by atoms with Gasteiger partial charge in [-0.05, 0) is 36.1 Å². The van der Waals surface area contributed by atoms with Gasteiger partial charge in [-0.15, -0.1) is 0 Å². The number of aliphatic hydroxyl groups excluding tert-OH is 2. The highest BCUT2D eigenvalue weighted by atomic mass is 32.2. The fraction of sp³-hybridized carbons (Fsp3) is 0.396. The third-order valence-corrected chi connectivity index (χ3v) is 13.1. The molecule has 5 aromatic rings. The van der Waals surface area contributed by atoms with E-state index in [4.69, 9.17) is 33.2 Å². The van der Waals surface area contributed by atoms with Crippen LogP contribution in [0.25, 0.3) is 0 Å². The minimum atomic E-state index is -5.10. The Kier molecular flexibility index (Phi) is 15.2. The second-order valence-electron chi connectivity index (χ2n) is 16.9. The van der Waals surface area contributed by atoms with E-state index in [1.165, 1.54) is 0 Å². The first-order valence-electron chi connectivity index (χ1n) is 21.9. The fourth-order valence-electron chi connectivity index (χ4n) is 8.58. The van der Waals surface area contributed by atoms with Crippen LogP contribution < -0.4 is 21.3 Å². The van der Waals surface area contributed by atoms with Crippen molar-refractivity contribution in [3.8, 4) is 0 Å². The molecule has 356 valence electrons. The first-order valence-corrected chi connectivity index (χ1v) is 23.4. The van der Waals surface area contributed by atoms with Crippen LogP contribution >= 0.6 is 0 Å². The number of H-pyrrole nitrogens is 1. The number of carbonyl (C=O) groups is 1. The average Bonchev–Trinajstić information content (AvgIpc) is 3.83. The molecule has 4 aromatic carbocycles. The van der Waals surface area contributed by atoms with E-state index in [-0.39, 0.29) is 26.4 Å². The molecule has 2 unspecified atom stereocenters. The molecule has 0 aliphatic carbocycles. The van der Waals surface area contributed by atoms with Gasteiger partial charge in [0.1, 0.15) is 42.7 Å². The Hall–Kier alpha value is -5.42. The topological polar surface area (TPSA) is 235 Å². The van der Waals surface area contributed by atoms with E-state index in [0.29, 0.717) is 0 Å². The number of carbonyl (C=O) groups excluding carboxylic acids is 1. The Balaban J connectivity index is 1.14. The second kappa shape index (κ2) is 21.3. The molecule has 3 aliphatic heterocycles. The van der Waals surface area contributed by atoms with Crippen molar-refractivity contribution < 1.29 is 56.6 Å². The van der Waals surface area contributed by atoms with Crippen molar-refractivity contribution in [2.45, 2.75) is 113 Å². The Morgan fingerprint density at radius 3 is 1.75 bits per heavy atom. The lowest BCUT2D eigenvalue weighted by atomic mass is 9.86. The van der Waals surface area contributed by atoms with Crippen molar-refractivity contribution in [3.05, 3.63) is 177 Å². The molecule has 1 amide bonds. The number of nitrogens with zero attached hydrogens (tertiary/aromatic N) is 1. The molecule has 4 heterocycles. The zero-order valence-corrected chi connectivity index (χ0v) is 37.6. The molecule has 67 heavy (non-hydrogen) atoms. The Bertz CT molecular complexity index is 2620. The quantitative estimate of drug-likeness (QED) is 0.0800. The molecular weight excluding hydrogens is 889 g/mol. The van der Waals surface area contributed by atoms with Crippen LogP contribution in [0.5, 0.6) is 0 Å². The third kappa shape index (κ3) is 11.5. The number of aromatic nitrogens is 2. The van der Waals surface area contributed by atoms with Crippen LogP contribution in [0, 0.1) is 0 Å². The number of fused-ring (bicyclic) bond motifs is 1. The molecular formula is C48H54N4O14S. The van der Waals surface area contributed by atoms with Crippen molar-refractivity contribution in [1.82, 2.24) is 19.6 Å². The minimum absolute atomic E-state index is 0.0220. The first-order chi connectivity index (χ1) is 32.3. The molecule has 3 fully saturated rings. The predicted octanol–water partition coefficient (Wildman–Crippen LogP) is 2.39. The number of amides is 1. The zero-order chi connectivity index (χ0) is 47.1.